The lowest BCUT2D eigenvalue weighted by Crippen LogP contribution is -2.36. The number of amides is 4. The van der Waals surface area contributed by atoms with Crippen molar-refractivity contribution in [3.8, 4) is 45.0 Å². The fourth-order valence-electron chi connectivity index (χ4n) is 9.97. The summed E-state index contributed by atoms with van der Waals surface area (Å²) in [5, 5.41) is 92.3. The van der Waals surface area contributed by atoms with Crippen LogP contribution in [0.3, 0.4) is 0 Å². The Morgan fingerprint density at radius 3 is 0.946 bits per heavy atom. The number of aliphatic hydroxyl groups is 4. The molecule has 0 spiro atoms. The van der Waals surface area contributed by atoms with Gasteiger partial charge >= 0.3 is 0 Å². The highest BCUT2D eigenvalue weighted by Crippen LogP contribution is 2.34. The number of aromatic nitrogens is 16. The van der Waals surface area contributed by atoms with E-state index in [1.54, 1.807) is 102 Å². The normalized spacial score (nSPS) is 15.0. The molecule has 576 valence electrons. The van der Waals surface area contributed by atoms with E-state index in [-0.39, 0.29) is 49.6 Å². The minimum atomic E-state index is -2.44. The molecule has 4 aromatic carbocycles. The molecule has 8 aromatic heterocycles. The smallest absolute Gasteiger partial charge is 0.272 e. The summed E-state index contributed by atoms with van der Waals surface area (Å²) in [5.74, 6) is -2.36. The van der Waals surface area contributed by atoms with Crippen molar-refractivity contribution in [1.29, 1.82) is 0 Å². The Labute approximate surface area is 673 Å². The van der Waals surface area contributed by atoms with E-state index in [2.05, 4.69) is 102 Å². The maximum atomic E-state index is 12.5. The van der Waals surface area contributed by atoms with Crippen LogP contribution in [0.25, 0.3) is 64.4 Å². The summed E-state index contributed by atoms with van der Waals surface area (Å²) in [4.78, 5) is 62.8. The van der Waals surface area contributed by atoms with Crippen molar-refractivity contribution in [2.45, 2.75) is 130 Å². The fraction of sp³-hybridized carbons (Fsp3) is 0.263. The van der Waals surface area contributed by atoms with E-state index in [0.29, 0.717) is 90.9 Å². The molecule has 0 radical (unpaired) electrons. The van der Waals surface area contributed by atoms with Crippen molar-refractivity contribution in [2.75, 3.05) is 0 Å². The molecule has 36 heteroatoms. The van der Waals surface area contributed by atoms with Crippen molar-refractivity contribution in [3.05, 3.63) is 257 Å². The molecule has 12 aromatic rings. The highest BCUT2D eigenvalue weighted by molar-refractivity contribution is 6.34. The molecule has 0 aliphatic carbocycles. The van der Waals surface area contributed by atoms with E-state index in [4.69, 9.17) is 83.7 Å². The van der Waals surface area contributed by atoms with Crippen LogP contribution in [0.1, 0.15) is 155 Å². The number of H-pyrrole nitrogens is 4. The second kappa shape index (κ2) is 38.7. The first kappa shape index (κ1) is 72.3. The summed E-state index contributed by atoms with van der Waals surface area (Å²) in [6, 6.07) is 27.4. The zero-order valence-corrected chi connectivity index (χ0v) is 63.6. The molecule has 4 unspecified atom stereocenters. The van der Waals surface area contributed by atoms with Gasteiger partial charge in [0.1, 0.15) is 22.8 Å². The molecular weight excluding hydrogens is 1520 g/mol. The van der Waals surface area contributed by atoms with Crippen molar-refractivity contribution in [1.82, 2.24) is 101 Å². The lowest BCUT2D eigenvalue weighted by molar-refractivity contribution is 0.0922. The van der Waals surface area contributed by atoms with E-state index in [0.717, 1.165) is 19.6 Å². The third-order valence-electron chi connectivity index (χ3n) is 15.7. The molecular formula is C76H76Cl4N24O8. The second-order valence-corrected chi connectivity index (χ2v) is 26.2. The lowest BCUT2D eigenvalue weighted by Gasteiger charge is -2.13. The number of nitrogens with one attached hydrogen (secondary N) is 8. The first-order valence-corrected chi connectivity index (χ1v) is 35.1. The van der Waals surface area contributed by atoms with E-state index >= 15 is 0 Å². The van der Waals surface area contributed by atoms with Crippen LogP contribution in [0.2, 0.25) is 20.1 Å². The average Bonchev–Trinajstić information content (AvgIpc) is 1.53. The van der Waals surface area contributed by atoms with Crippen LogP contribution in [0, 0.1) is 26.3 Å². The average molecular weight is 1600 g/mol. The Morgan fingerprint density at radius 2 is 0.670 bits per heavy atom. The number of hydrogen-bond donors (Lipinski definition) is 12. The van der Waals surface area contributed by atoms with Gasteiger partial charge < -0.3 is 41.7 Å². The molecule has 112 heavy (non-hydrogen) atoms. The minimum absolute atomic E-state index is 0.0456. The zero-order valence-electron chi connectivity index (χ0n) is 68.6. The van der Waals surface area contributed by atoms with Crippen LogP contribution in [0.4, 0.5) is 22.7 Å². The second-order valence-electron chi connectivity index (χ2n) is 24.6. The molecule has 32 nitrogen and oxygen atoms in total. The molecule has 8 heterocycles. The summed E-state index contributed by atoms with van der Waals surface area (Å²) >= 11 is 24.3. The molecule has 12 rings (SSSR count). The maximum absolute atomic E-state index is 12.5. The number of aliphatic hydroxyl groups excluding tert-OH is 3. The highest BCUT2D eigenvalue weighted by atomic mass is 35.5. The minimum Gasteiger partial charge on any atom is -0.387 e. The van der Waals surface area contributed by atoms with E-state index in [1.807, 2.05) is 13.0 Å². The van der Waals surface area contributed by atoms with Crippen molar-refractivity contribution in [3.63, 3.8) is 0 Å². The number of hydrogen-bond acceptors (Lipinski definition) is 16. The van der Waals surface area contributed by atoms with Gasteiger partial charge in [-0.05, 0) is 128 Å². The van der Waals surface area contributed by atoms with E-state index in [1.165, 1.54) is 91.3 Å². The van der Waals surface area contributed by atoms with E-state index < -0.39 is 85.6 Å². The monoisotopic (exact) mass is 1600 g/mol. The molecule has 0 fully saturated rings. The summed E-state index contributed by atoms with van der Waals surface area (Å²) in [5.41, 5.74) is 7.34. The molecule has 12 N–H and O–H groups in total. The number of carbonyl (C=O) groups excluding carboxylic acids is 4. The predicted molar refractivity (Wildman–Crippen MR) is 420 cm³/mol. The third kappa shape index (κ3) is 22.8. The Hall–Kier alpha value is -12.6. The summed E-state index contributed by atoms with van der Waals surface area (Å²) in [6.45, 7) is 34.0. The van der Waals surface area contributed by atoms with Gasteiger partial charge in [0.25, 0.3) is 23.6 Å². The van der Waals surface area contributed by atoms with Crippen LogP contribution < -0.4 is 21.3 Å². The Bertz CT molecular complexity index is 5720. The lowest BCUT2D eigenvalue weighted by atomic mass is 10.1. The van der Waals surface area contributed by atoms with Gasteiger partial charge in [0.15, 0.2) is 0 Å². The van der Waals surface area contributed by atoms with Gasteiger partial charge in [-0.2, -0.15) is 40.8 Å². The molecule has 0 saturated heterocycles. The van der Waals surface area contributed by atoms with Crippen LogP contribution >= 0.6 is 46.4 Å². The Morgan fingerprint density at radius 1 is 0.402 bits per heavy atom. The van der Waals surface area contributed by atoms with Gasteiger partial charge in [0, 0.05) is 91.3 Å². The Kier molecular flexibility index (Phi) is 24.9. The molecule has 4 amide bonds. The van der Waals surface area contributed by atoms with Gasteiger partial charge in [-0.3, -0.25) is 58.3 Å². The topological polar surface area (TPSA) is 401 Å². The van der Waals surface area contributed by atoms with Crippen LogP contribution in [0.15, 0.2) is 146 Å². The Balaban J connectivity index is 0.000000182. The van der Waals surface area contributed by atoms with Crippen LogP contribution in [-0.4, -0.2) is 148 Å². The van der Waals surface area contributed by atoms with Gasteiger partial charge in [-0.25, -0.2) is 19.4 Å². The number of nitrogens with zero attached hydrogens (tertiary/aromatic N) is 16. The summed E-state index contributed by atoms with van der Waals surface area (Å²) in [6.07, 6.45) is 1.76. The van der Waals surface area contributed by atoms with E-state index in [9.17, 15) is 39.6 Å². The van der Waals surface area contributed by atoms with Gasteiger partial charge in [0.05, 0.1) is 133 Å². The zero-order chi connectivity index (χ0) is 88.3. The number of aromatic amines is 4. The molecule has 0 aliphatic rings. The predicted octanol–water partition coefficient (Wildman–Crippen LogP) is 13.4. The largest absolute Gasteiger partial charge is 0.387 e. The number of benzene rings is 4. The highest BCUT2D eigenvalue weighted by Gasteiger charge is 2.22. The number of halogens is 4. The van der Waals surface area contributed by atoms with Crippen LogP contribution in [-0.2, 0) is 26.0 Å². The van der Waals surface area contributed by atoms with Gasteiger partial charge in [0.2, 0.25) is 22.7 Å². The molecule has 0 bridgehead atoms. The van der Waals surface area contributed by atoms with Crippen molar-refractivity contribution < 1.29 is 50.6 Å². The fourth-order valence-corrected chi connectivity index (χ4v) is 10.9. The molecule has 0 saturated carbocycles. The standard InChI is InChI=1S/4C19H19ClN6O2/c4*1-11(22-19(28)18-9-17(12(2)27)23-24-18)10-26-7-6-15(25-26)13-4-5-16(21-3)14(20)8-13/h4*4-9,11-12,27H,10H2,1-2H3,(H,22,28)(H,23,24)/t4*11-,12?/m1000/s1/i10D2,11D;12D;2*10D2. The number of carbonyl (C=O) groups is 4. The van der Waals surface area contributed by atoms with Crippen molar-refractivity contribution >= 4 is 92.8 Å². The quantitative estimate of drug-likeness (QED) is 0.0250. The molecule has 8 atom stereocenters. The first-order valence-electron chi connectivity index (χ1n) is 37.5. The van der Waals surface area contributed by atoms with Crippen molar-refractivity contribution in [2.24, 2.45) is 0 Å². The summed E-state index contributed by atoms with van der Waals surface area (Å²) < 4.78 is 71.3. The molecule has 0 aliphatic heterocycles. The summed E-state index contributed by atoms with van der Waals surface area (Å²) in [7, 11) is 0. The SMILES string of the molecule is [2H]C(C)(O)c1cc(C(=O)N[C@@H](C)Cn2ccc(-c3ccc([N+]#[C-])c(Cl)c3)n2)n[nH]1.[2H]C([2H])([C@H](C)NC(=O)c1cc(C(C)O)[nH]n1)n1ccc(-c2ccc([N+]#[C-])c(Cl)c2)n1.[2H]C([2H])([C@H](C)NC(=O)c1cc(C(C)O)[nH]n1)n1ccc(-c2ccc([N+]#[C-])c(Cl)c2)n1.[2H]C([2H])(n1ccc(-c2ccc([N+]#[C-])c(Cl)c2)n1)[C@@]([2H])(C)NC(=O)c1cc(C(C)O)[nH]n1. The van der Waals surface area contributed by atoms with Gasteiger partial charge in [-0.1, -0.05) is 94.9 Å². The van der Waals surface area contributed by atoms with Gasteiger partial charge in [-0.15, -0.1) is 0 Å². The maximum Gasteiger partial charge on any atom is 0.272 e. The number of rotatable bonds is 24. The van der Waals surface area contributed by atoms with Crippen LogP contribution in [0.5, 0.6) is 0 Å². The first-order chi connectivity index (χ1) is 56.4. The third-order valence-corrected chi connectivity index (χ3v) is 16.9.